The molecular formula is C21H27N5O. The van der Waals surface area contributed by atoms with E-state index >= 15 is 0 Å². The van der Waals surface area contributed by atoms with Gasteiger partial charge in [-0.2, -0.15) is 10.2 Å². The molecule has 6 heteroatoms. The second kappa shape index (κ2) is 7.78. The van der Waals surface area contributed by atoms with Crippen molar-refractivity contribution < 1.29 is 4.79 Å². The van der Waals surface area contributed by atoms with Gasteiger partial charge in [-0.1, -0.05) is 32.0 Å². The fourth-order valence-electron chi connectivity index (χ4n) is 3.28. The summed E-state index contributed by atoms with van der Waals surface area (Å²) < 4.78 is 3.54. The molecule has 0 fully saturated rings. The van der Waals surface area contributed by atoms with E-state index in [0.717, 1.165) is 29.1 Å². The Hall–Kier alpha value is -2.89. The molecule has 1 N–H and O–H groups in total. The Labute approximate surface area is 160 Å². The van der Waals surface area contributed by atoms with E-state index in [1.807, 2.05) is 68.2 Å². The zero-order valence-electron chi connectivity index (χ0n) is 16.6. The first-order valence-electron chi connectivity index (χ1n) is 9.30. The molecule has 0 radical (unpaired) electrons. The zero-order valence-corrected chi connectivity index (χ0v) is 16.6. The number of amides is 1. The number of nitrogens with one attached hydrogen (secondary N) is 1. The summed E-state index contributed by atoms with van der Waals surface area (Å²) in [6.07, 6.45) is 2.68. The van der Waals surface area contributed by atoms with Crippen LogP contribution in [0.3, 0.4) is 0 Å². The SMILES string of the molecule is Cc1c([C@@H](C)NC(=O)c2cc(CC(C)C)nn2C)cnn1-c1ccccc1. The summed E-state index contributed by atoms with van der Waals surface area (Å²) in [6, 6.07) is 11.7. The van der Waals surface area contributed by atoms with Gasteiger partial charge < -0.3 is 5.32 Å². The van der Waals surface area contributed by atoms with Crippen LogP contribution in [-0.4, -0.2) is 25.5 Å². The molecule has 0 aliphatic heterocycles. The first-order chi connectivity index (χ1) is 12.9. The number of para-hydroxylation sites is 1. The van der Waals surface area contributed by atoms with Crippen molar-refractivity contribution in [1.29, 1.82) is 0 Å². The lowest BCUT2D eigenvalue weighted by atomic mass is 10.1. The van der Waals surface area contributed by atoms with Gasteiger partial charge in [0.2, 0.25) is 0 Å². The Morgan fingerprint density at radius 2 is 1.89 bits per heavy atom. The zero-order chi connectivity index (χ0) is 19.6. The molecule has 2 aromatic heterocycles. The molecule has 0 aliphatic rings. The average molecular weight is 365 g/mol. The van der Waals surface area contributed by atoms with Crippen molar-refractivity contribution in [2.75, 3.05) is 0 Å². The third-order valence-electron chi connectivity index (χ3n) is 4.64. The monoisotopic (exact) mass is 365 g/mol. The molecule has 0 bridgehead atoms. The standard InChI is InChI=1S/C21H27N5O/c1-14(2)11-17-12-20(25(5)24-17)21(27)23-15(3)19-13-22-26(16(19)4)18-9-7-6-8-10-18/h6-10,12-15H,11H2,1-5H3,(H,23,27)/t15-/m1/s1. The smallest absolute Gasteiger partial charge is 0.270 e. The molecule has 3 rings (SSSR count). The van der Waals surface area contributed by atoms with Gasteiger partial charge in [-0.05, 0) is 44.4 Å². The van der Waals surface area contributed by atoms with E-state index in [4.69, 9.17) is 0 Å². The van der Waals surface area contributed by atoms with Crippen LogP contribution in [0.4, 0.5) is 0 Å². The van der Waals surface area contributed by atoms with Gasteiger partial charge in [0.05, 0.1) is 23.6 Å². The Morgan fingerprint density at radius 1 is 1.19 bits per heavy atom. The highest BCUT2D eigenvalue weighted by molar-refractivity contribution is 5.92. The first kappa shape index (κ1) is 18.9. The summed E-state index contributed by atoms with van der Waals surface area (Å²) in [6.45, 7) is 8.28. The normalized spacial score (nSPS) is 12.4. The molecule has 0 spiro atoms. The van der Waals surface area contributed by atoms with Gasteiger partial charge in [-0.25, -0.2) is 4.68 Å². The Kier molecular flexibility index (Phi) is 5.44. The number of aromatic nitrogens is 4. The maximum Gasteiger partial charge on any atom is 0.270 e. The summed E-state index contributed by atoms with van der Waals surface area (Å²) in [4.78, 5) is 12.7. The number of aryl methyl sites for hydroxylation is 1. The van der Waals surface area contributed by atoms with Crippen molar-refractivity contribution in [2.45, 2.75) is 40.2 Å². The van der Waals surface area contributed by atoms with E-state index in [9.17, 15) is 4.79 Å². The minimum absolute atomic E-state index is 0.126. The van der Waals surface area contributed by atoms with Gasteiger partial charge in [-0.3, -0.25) is 9.48 Å². The van der Waals surface area contributed by atoms with Crippen LogP contribution in [0.25, 0.3) is 5.69 Å². The average Bonchev–Trinajstić information content (AvgIpc) is 3.17. The van der Waals surface area contributed by atoms with E-state index in [-0.39, 0.29) is 11.9 Å². The van der Waals surface area contributed by atoms with Crippen LogP contribution in [-0.2, 0) is 13.5 Å². The number of carbonyl (C=O) groups is 1. The second-order valence-corrected chi connectivity index (χ2v) is 7.37. The third-order valence-corrected chi connectivity index (χ3v) is 4.64. The summed E-state index contributed by atoms with van der Waals surface area (Å²) in [5.41, 5.74) is 4.53. The van der Waals surface area contributed by atoms with Crippen LogP contribution in [0, 0.1) is 12.8 Å². The van der Waals surface area contributed by atoms with Crippen molar-refractivity contribution in [3.8, 4) is 5.69 Å². The summed E-state index contributed by atoms with van der Waals surface area (Å²) >= 11 is 0. The number of hydrogen-bond donors (Lipinski definition) is 1. The highest BCUT2D eigenvalue weighted by atomic mass is 16.2. The van der Waals surface area contributed by atoms with Crippen LogP contribution in [0.15, 0.2) is 42.6 Å². The molecular weight excluding hydrogens is 338 g/mol. The van der Waals surface area contributed by atoms with Crippen LogP contribution < -0.4 is 5.32 Å². The van der Waals surface area contributed by atoms with Crippen molar-refractivity contribution in [2.24, 2.45) is 13.0 Å². The minimum atomic E-state index is -0.154. The molecule has 0 aliphatic carbocycles. The van der Waals surface area contributed by atoms with Crippen LogP contribution >= 0.6 is 0 Å². The molecule has 142 valence electrons. The number of benzene rings is 1. The van der Waals surface area contributed by atoms with Gasteiger partial charge >= 0.3 is 0 Å². The van der Waals surface area contributed by atoms with E-state index < -0.39 is 0 Å². The molecule has 1 atom stereocenters. The number of hydrogen-bond acceptors (Lipinski definition) is 3. The first-order valence-corrected chi connectivity index (χ1v) is 9.30. The Morgan fingerprint density at radius 3 is 2.56 bits per heavy atom. The second-order valence-electron chi connectivity index (χ2n) is 7.37. The van der Waals surface area contributed by atoms with Gasteiger partial charge in [0.1, 0.15) is 5.69 Å². The largest absolute Gasteiger partial charge is 0.344 e. The molecule has 6 nitrogen and oxygen atoms in total. The predicted octanol–water partition coefficient (Wildman–Crippen LogP) is 3.60. The number of rotatable bonds is 6. The van der Waals surface area contributed by atoms with Crippen molar-refractivity contribution >= 4 is 5.91 Å². The highest BCUT2D eigenvalue weighted by Gasteiger charge is 2.20. The molecule has 0 saturated heterocycles. The lowest BCUT2D eigenvalue weighted by Gasteiger charge is -2.14. The van der Waals surface area contributed by atoms with Crippen molar-refractivity contribution in [3.63, 3.8) is 0 Å². The van der Waals surface area contributed by atoms with Gasteiger partial charge in [0, 0.05) is 18.3 Å². The Bertz CT molecular complexity index is 923. The predicted molar refractivity (Wildman–Crippen MR) is 106 cm³/mol. The maximum absolute atomic E-state index is 12.7. The van der Waals surface area contributed by atoms with E-state index in [1.165, 1.54) is 0 Å². The van der Waals surface area contributed by atoms with Crippen LogP contribution in [0.5, 0.6) is 0 Å². The van der Waals surface area contributed by atoms with Gasteiger partial charge in [-0.15, -0.1) is 0 Å². The summed E-state index contributed by atoms with van der Waals surface area (Å²) in [7, 11) is 1.81. The third kappa shape index (κ3) is 4.10. The van der Waals surface area contributed by atoms with Crippen molar-refractivity contribution in [3.05, 3.63) is 65.2 Å². The number of carbonyl (C=O) groups excluding carboxylic acids is 1. The summed E-state index contributed by atoms with van der Waals surface area (Å²) in [5.74, 6) is 0.376. The fraction of sp³-hybridized carbons (Fsp3) is 0.381. The molecule has 0 unspecified atom stereocenters. The topological polar surface area (TPSA) is 64.7 Å². The van der Waals surface area contributed by atoms with E-state index in [1.54, 1.807) is 4.68 Å². The maximum atomic E-state index is 12.7. The fourth-order valence-corrected chi connectivity index (χ4v) is 3.28. The Balaban J connectivity index is 1.76. The van der Waals surface area contributed by atoms with Crippen LogP contribution in [0.1, 0.15) is 54.3 Å². The quantitative estimate of drug-likeness (QED) is 0.726. The highest BCUT2D eigenvalue weighted by Crippen LogP contribution is 2.20. The molecule has 2 heterocycles. The van der Waals surface area contributed by atoms with Crippen molar-refractivity contribution in [1.82, 2.24) is 24.9 Å². The molecule has 1 aromatic carbocycles. The minimum Gasteiger partial charge on any atom is -0.344 e. The lowest BCUT2D eigenvalue weighted by molar-refractivity contribution is 0.0930. The van der Waals surface area contributed by atoms with Gasteiger partial charge in [0.25, 0.3) is 5.91 Å². The van der Waals surface area contributed by atoms with Gasteiger partial charge in [0.15, 0.2) is 0 Å². The molecule has 1 amide bonds. The lowest BCUT2D eigenvalue weighted by Crippen LogP contribution is -2.28. The van der Waals surface area contributed by atoms with E-state index in [2.05, 4.69) is 29.4 Å². The molecule has 3 aromatic rings. The van der Waals surface area contributed by atoms with Crippen LogP contribution in [0.2, 0.25) is 0 Å². The molecule has 27 heavy (non-hydrogen) atoms. The van der Waals surface area contributed by atoms with E-state index in [0.29, 0.717) is 11.6 Å². The summed E-state index contributed by atoms with van der Waals surface area (Å²) in [5, 5.41) is 12.0. The number of nitrogens with zero attached hydrogens (tertiary/aromatic N) is 4. The molecule has 0 saturated carbocycles.